The first-order valence-corrected chi connectivity index (χ1v) is 7.73. The zero-order valence-corrected chi connectivity index (χ0v) is 13.3. The molecule has 0 bridgehead atoms. The van der Waals surface area contributed by atoms with Gasteiger partial charge in [-0.25, -0.2) is 4.79 Å². The minimum atomic E-state index is -0.469. The summed E-state index contributed by atoms with van der Waals surface area (Å²) in [4.78, 5) is 14.2. The number of rotatable bonds is 5. The summed E-state index contributed by atoms with van der Waals surface area (Å²) in [5.74, 6) is 0. The summed E-state index contributed by atoms with van der Waals surface area (Å²) in [7, 11) is 0. The number of piperidine rings is 1. The number of likely N-dealkylation sites (tertiary alicyclic amines) is 1. The first kappa shape index (κ1) is 17.2. The first-order valence-electron chi connectivity index (χ1n) is 7.73. The lowest BCUT2D eigenvalue weighted by molar-refractivity contribution is 0.00344. The van der Waals surface area contributed by atoms with E-state index in [1.54, 1.807) is 0 Å². The number of ether oxygens (including phenoxy) is 1. The number of aliphatic hydroxyl groups excluding tert-OH is 1. The molecule has 0 aromatic rings. The second-order valence-electron chi connectivity index (χ2n) is 6.41. The Kier molecular flexibility index (Phi) is 6.76. The Bertz CT molecular complexity index is 296. The van der Waals surface area contributed by atoms with Gasteiger partial charge in [0.05, 0.1) is 6.04 Å². The molecule has 1 aliphatic rings. The van der Waals surface area contributed by atoms with E-state index in [9.17, 15) is 9.90 Å². The fourth-order valence-corrected chi connectivity index (χ4v) is 2.75. The van der Waals surface area contributed by atoms with Gasteiger partial charge in [-0.1, -0.05) is 6.92 Å². The second-order valence-corrected chi connectivity index (χ2v) is 6.41. The molecule has 0 radical (unpaired) electrons. The predicted octanol–water partition coefficient (Wildman–Crippen LogP) is 2.14. The summed E-state index contributed by atoms with van der Waals surface area (Å²) in [6.45, 7) is 9.43. The van der Waals surface area contributed by atoms with Crippen LogP contribution in [-0.2, 0) is 4.74 Å². The van der Waals surface area contributed by atoms with Crippen LogP contribution < -0.4 is 5.32 Å². The molecule has 1 rings (SSSR count). The molecular formula is C15H30N2O3. The zero-order chi connectivity index (χ0) is 15.2. The van der Waals surface area contributed by atoms with E-state index in [1.165, 1.54) is 0 Å². The molecule has 0 aromatic carbocycles. The van der Waals surface area contributed by atoms with Gasteiger partial charge in [-0.05, 0) is 53.0 Å². The standard InChI is InChI=1S/C15H30N2O3/c1-5-16-12(9-11-18)13-8-6-7-10-17(13)14(19)20-15(2,3)4/h12-13,16,18H,5-11H2,1-4H3/t12-,13+/m0/s1. The Labute approximate surface area is 122 Å². The Morgan fingerprint density at radius 2 is 2.15 bits per heavy atom. The third-order valence-electron chi connectivity index (χ3n) is 3.55. The van der Waals surface area contributed by atoms with Gasteiger partial charge in [0.15, 0.2) is 0 Å². The number of carbonyl (C=O) groups is 1. The molecule has 1 amide bonds. The Morgan fingerprint density at radius 3 is 2.70 bits per heavy atom. The van der Waals surface area contributed by atoms with E-state index in [1.807, 2.05) is 32.6 Å². The van der Waals surface area contributed by atoms with Crippen molar-refractivity contribution in [2.24, 2.45) is 0 Å². The maximum absolute atomic E-state index is 12.4. The highest BCUT2D eigenvalue weighted by Gasteiger charge is 2.34. The smallest absolute Gasteiger partial charge is 0.410 e. The summed E-state index contributed by atoms with van der Waals surface area (Å²) in [6, 6.07) is 0.253. The summed E-state index contributed by atoms with van der Waals surface area (Å²) >= 11 is 0. The summed E-state index contributed by atoms with van der Waals surface area (Å²) in [5, 5.41) is 12.6. The van der Waals surface area contributed by atoms with Gasteiger partial charge < -0.3 is 20.1 Å². The molecule has 2 atom stereocenters. The van der Waals surface area contributed by atoms with E-state index in [0.717, 1.165) is 32.4 Å². The van der Waals surface area contributed by atoms with E-state index in [2.05, 4.69) is 5.32 Å². The van der Waals surface area contributed by atoms with Gasteiger partial charge in [-0.2, -0.15) is 0 Å². The van der Waals surface area contributed by atoms with E-state index in [4.69, 9.17) is 4.74 Å². The molecule has 2 N–H and O–H groups in total. The highest BCUT2D eigenvalue weighted by atomic mass is 16.6. The average Bonchev–Trinajstić information content (AvgIpc) is 2.36. The average molecular weight is 286 g/mol. The SMILES string of the molecule is CCN[C@@H](CCO)[C@H]1CCCCN1C(=O)OC(C)(C)C. The number of aliphatic hydroxyl groups is 1. The van der Waals surface area contributed by atoms with Crippen molar-refractivity contribution in [3.05, 3.63) is 0 Å². The molecule has 1 saturated heterocycles. The van der Waals surface area contributed by atoms with E-state index >= 15 is 0 Å². The van der Waals surface area contributed by atoms with Crippen molar-refractivity contribution < 1.29 is 14.6 Å². The molecule has 118 valence electrons. The molecule has 0 saturated carbocycles. The summed E-state index contributed by atoms with van der Waals surface area (Å²) in [5.41, 5.74) is -0.469. The second kappa shape index (κ2) is 7.84. The summed E-state index contributed by atoms with van der Waals surface area (Å²) < 4.78 is 5.51. The maximum Gasteiger partial charge on any atom is 0.410 e. The molecule has 5 heteroatoms. The predicted molar refractivity (Wildman–Crippen MR) is 79.7 cm³/mol. The van der Waals surface area contributed by atoms with E-state index in [0.29, 0.717) is 6.42 Å². The fourth-order valence-electron chi connectivity index (χ4n) is 2.75. The van der Waals surface area contributed by atoms with Crippen LogP contribution in [-0.4, -0.2) is 53.5 Å². The van der Waals surface area contributed by atoms with Crippen LogP contribution >= 0.6 is 0 Å². The lowest BCUT2D eigenvalue weighted by atomic mass is 9.94. The van der Waals surface area contributed by atoms with Gasteiger partial charge in [0, 0.05) is 19.2 Å². The summed E-state index contributed by atoms with van der Waals surface area (Å²) in [6.07, 6.45) is 3.54. The lowest BCUT2D eigenvalue weighted by Gasteiger charge is -2.41. The van der Waals surface area contributed by atoms with Crippen LogP contribution in [0.15, 0.2) is 0 Å². The number of nitrogens with one attached hydrogen (secondary N) is 1. The fraction of sp³-hybridized carbons (Fsp3) is 0.933. The molecule has 0 aromatic heterocycles. The van der Waals surface area contributed by atoms with Crippen molar-refractivity contribution in [2.75, 3.05) is 19.7 Å². The third kappa shape index (κ3) is 5.29. The van der Waals surface area contributed by atoms with Crippen molar-refractivity contribution in [3.8, 4) is 0 Å². The van der Waals surface area contributed by atoms with E-state index in [-0.39, 0.29) is 24.8 Å². The maximum atomic E-state index is 12.4. The minimum Gasteiger partial charge on any atom is -0.444 e. The number of amides is 1. The van der Waals surface area contributed by atoms with Crippen molar-refractivity contribution in [1.29, 1.82) is 0 Å². The van der Waals surface area contributed by atoms with Crippen LogP contribution in [0.25, 0.3) is 0 Å². The Hall–Kier alpha value is -0.810. The Morgan fingerprint density at radius 1 is 1.45 bits per heavy atom. The number of carbonyl (C=O) groups excluding carboxylic acids is 1. The molecule has 0 aliphatic carbocycles. The number of hydrogen-bond acceptors (Lipinski definition) is 4. The molecule has 1 fully saturated rings. The molecule has 5 nitrogen and oxygen atoms in total. The minimum absolute atomic E-state index is 0.116. The van der Waals surface area contributed by atoms with Crippen molar-refractivity contribution in [2.45, 2.75) is 71.1 Å². The molecule has 1 aliphatic heterocycles. The quantitative estimate of drug-likeness (QED) is 0.813. The Balaban J connectivity index is 2.76. The topological polar surface area (TPSA) is 61.8 Å². The molecule has 0 unspecified atom stereocenters. The van der Waals surface area contributed by atoms with Gasteiger partial charge >= 0.3 is 6.09 Å². The molecule has 20 heavy (non-hydrogen) atoms. The van der Waals surface area contributed by atoms with Gasteiger partial charge in [-0.15, -0.1) is 0 Å². The largest absolute Gasteiger partial charge is 0.444 e. The van der Waals surface area contributed by atoms with Crippen LogP contribution in [0.5, 0.6) is 0 Å². The van der Waals surface area contributed by atoms with Crippen LogP contribution in [0, 0.1) is 0 Å². The number of nitrogens with zero attached hydrogens (tertiary/aromatic N) is 1. The van der Waals surface area contributed by atoms with Crippen molar-refractivity contribution in [3.63, 3.8) is 0 Å². The number of likely N-dealkylation sites (N-methyl/N-ethyl adjacent to an activating group) is 1. The van der Waals surface area contributed by atoms with Crippen molar-refractivity contribution >= 4 is 6.09 Å². The van der Waals surface area contributed by atoms with E-state index < -0.39 is 5.60 Å². The van der Waals surface area contributed by atoms with Crippen LogP contribution in [0.4, 0.5) is 4.79 Å². The highest BCUT2D eigenvalue weighted by molar-refractivity contribution is 5.68. The molecular weight excluding hydrogens is 256 g/mol. The van der Waals surface area contributed by atoms with Crippen molar-refractivity contribution in [1.82, 2.24) is 10.2 Å². The lowest BCUT2D eigenvalue weighted by Crippen LogP contribution is -2.55. The van der Waals surface area contributed by atoms with Gasteiger partial charge in [0.1, 0.15) is 5.60 Å². The third-order valence-corrected chi connectivity index (χ3v) is 3.55. The highest BCUT2D eigenvalue weighted by Crippen LogP contribution is 2.23. The normalized spacial score (nSPS) is 21.6. The first-order chi connectivity index (χ1) is 9.39. The van der Waals surface area contributed by atoms with Crippen LogP contribution in [0.3, 0.4) is 0 Å². The van der Waals surface area contributed by atoms with Gasteiger partial charge in [0.2, 0.25) is 0 Å². The van der Waals surface area contributed by atoms with Gasteiger partial charge in [-0.3, -0.25) is 0 Å². The van der Waals surface area contributed by atoms with Crippen LogP contribution in [0.2, 0.25) is 0 Å². The van der Waals surface area contributed by atoms with Gasteiger partial charge in [0.25, 0.3) is 0 Å². The molecule has 1 heterocycles. The number of hydrogen-bond donors (Lipinski definition) is 2. The molecule has 0 spiro atoms. The zero-order valence-electron chi connectivity index (χ0n) is 13.3. The van der Waals surface area contributed by atoms with Crippen LogP contribution in [0.1, 0.15) is 53.4 Å². The monoisotopic (exact) mass is 286 g/mol.